The first kappa shape index (κ1) is 42.8. The highest BCUT2D eigenvalue weighted by atomic mass is 32.1. The topological polar surface area (TPSA) is 106 Å². The standard InChI is InChI=1S/C52H39N3O4S4/c1-54-46(52(58)59)32-45-26-30-50(63-45)48-28-24-43(61-48)22-12-35-9-17-40(18-10-35)55(41-19-13-37(14-20-41)36-5-3-2-4-6-36)39-15-7-34(8-16-39)11-21-42-23-27-47(60-42)49-29-25-44(62-49)31-38(33-53)51(56)57/h7-32,36H,2-6H2,(H,56,57)(H,58,59)/b21-11+,22-12+,38-31+,46-32-. The van der Waals surface area contributed by atoms with Crippen molar-refractivity contribution in [1.82, 2.24) is 0 Å². The zero-order valence-corrected chi connectivity index (χ0v) is 37.1. The summed E-state index contributed by atoms with van der Waals surface area (Å²) in [6, 6.07) is 43.9. The normalized spacial score (nSPS) is 13.6. The van der Waals surface area contributed by atoms with Crippen LogP contribution in [0, 0.1) is 17.9 Å². The highest BCUT2D eigenvalue weighted by Crippen LogP contribution is 2.40. The number of rotatable bonds is 14. The van der Waals surface area contributed by atoms with E-state index in [1.807, 2.05) is 24.3 Å². The summed E-state index contributed by atoms with van der Waals surface area (Å²) in [5.41, 5.74) is 6.18. The van der Waals surface area contributed by atoms with Crippen molar-refractivity contribution < 1.29 is 19.8 Å². The van der Waals surface area contributed by atoms with E-state index in [9.17, 15) is 19.8 Å². The van der Waals surface area contributed by atoms with Crippen LogP contribution in [0.1, 0.15) is 74.2 Å². The second-order valence-corrected chi connectivity index (χ2v) is 19.3. The average Bonchev–Trinajstić information content (AvgIpc) is 4.16. The maximum absolute atomic E-state index is 11.3. The number of hydrogen-bond acceptors (Lipinski definition) is 8. The third-order valence-electron chi connectivity index (χ3n) is 10.7. The van der Waals surface area contributed by atoms with Crippen molar-refractivity contribution in [3.8, 4) is 25.6 Å². The first-order chi connectivity index (χ1) is 30.7. The van der Waals surface area contributed by atoms with Gasteiger partial charge >= 0.3 is 11.9 Å². The van der Waals surface area contributed by atoms with Crippen LogP contribution in [0.25, 0.3) is 60.8 Å². The molecule has 0 spiro atoms. The monoisotopic (exact) mass is 897 g/mol. The van der Waals surface area contributed by atoms with Crippen molar-refractivity contribution in [1.29, 1.82) is 5.26 Å². The zero-order valence-electron chi connectivity index (χ0n) is 33.8. The Balaban J connectivity index is 0.989. The first-order valence-corrected chi connectivity index (χ1v) is 23.5. The summed E-state index contributed by atoms with van der Waals surface area (Å²) < 4.78 is 0. The maximum Gasteiger partial charge on any atom is 0.346 e. The van der Waals surface area contributed by atoms with Gasteiger partial charge in [-0.1, -0.05) is 67.8 Å². The van der Waals surface area contributed by atoms with E-state index < -0.39 is 11.9 Å². The Hall–Kier alpha value is -6.86. The van der Waals surface area contributed by atoms with Crippen LogP contribution < -0.4 is 4.90 Å². The van der Waals surface area contributed by atoms with Crippen molar-refractivity contribution in [3.63, 3.8) is 0 Å². The molecule has 8 rings (SSSR count). The lowest BCUT2D eigenvalue weighted by Crippen LogP contribution is -2.10. The van der Waals surface area contributed by atoms with Gasteiger partial charge in [-0.25, -0.2) is 9.64 Å². The molecule has 1 fully saturated rings. The molecule has 7 aromatic rings. The fraction of sp³-hybridized carbons (Fsp3) is 0.115. The Kier molecular flexibility index (Phi) is 13.5. The van der Waals surface area contributed by atoms with Crippen LogP contribution in [0.3, 0.4) is 0 Å². The molecule has 63 heavy (non-hydrogen) atoms. The number of nitrogens with zero attached hydrogens (tertiary/aromatic N) is 3. The van der Waals surface area contributed by atoms with Crippen LogP contribution in [-0.2, 0) is 9.59 Å². The third-order valence-corrected chi connectivity index (χ3v) is 15.2. The molecule has 1 aliphatic carbocycles. The van der Waals surface area contributed by atoms with Crippen LogP contribution in [0.4, 0.5) is 17.1 Å². The molecular formula is C52H39N3O4S4. The predicted octanol–water partition coefficient (Wildman–Crippen LogP) is 15.5. The van der Waals surface area contributed by atoms with E-state index in [2.05, 4.69) is 131 Å². The van der Waals surface area contributed by atoms with Crippen molar-refractivity contribution in [3.05, 3.63) is 180 Å². The zero-order chi connectivity index (χ0) is 43.7. The van der Waals surface area contributed by atoms with Gasteiger partial charge in [-0.2, -0.15) is 5.26 Å². The van der Waals surface area contributed by atoms with Crippen molar-refractivity contribution in [2.75, 3.05) is 4.90 Å². The fourth-order valence-corrected chi connectivity index (χ4v) is 11.3. The predicted molar refractivity (Wildman–Crippen MR) is 264 cm³/mol. The van der Waals surface area contributed by atoms with Crippen molar-refractivity contribution in [2.24, 2.45) is 0 Å². The van der Waals surface area contributed by atoms with E-state index in [0.717, 1.165) is 67.2 Å². The van der Waals surface area contributed by atoms with E-state index >= 15 is 0 Å². The fourth-order valence-electron chi connectivity index (χ4n) is 7.44. The lowest BCUT2D eigenvalue weighted by Gasteiger charge is -2.27. The Bertz CT molecular complexity index is 2790. The molecule has 4 aromatic heterocycles. The molecule has 7 nitrogen and oxygen atoms in total. The SMILES string of the molecule is [C-]#[N+]/C(=C\c1ccc(-c2ccc(/C=C/c3ccc(N(c4ccc(/C=C/c5ccc(-c6ccc(/C=C(\C#N)C(=O)O)s6)s5)cc4)c4ccc(C5CCCCC5)cc4)cc3)s2)s1)C(=O)O. The smallest absolute Gasteiger partial charge is 0.346 e. The third kappa shape index (κ3) is 10.6. The number of aliphatic carboxylic acids is 2. The molecule has 1 saturated carbocycles. The molecule has 0 radical (unpaired) electrons. The van der Waals surface area contributed by atoms with E-state index in [4.69, 9.17) is 11.8 Å². The minimum Gasteiger partial charge on any atom is -0.486 e. The molecule has 0 saturated heterocycles. The molecule has 0 aliphatic heterocycles. The molecular weight excluding hydrogens is 859 g/mol. The number of carbonyl (C=O) groups is 2. The largest absolute Gasteiger partial charge is 0.486 e. The molecule has 0 unspecified atom stereocenters. The van der Waals surface area contributed by atoms with Crippen LogP contribution in [0.15, 0.2) is 133 Å². The maximum atomic E-state index is 11.3. The summed E-state index contributed by atoms with van der Waals surface area (Å²) in [7, 11) is 0. The summed E-state index contributed by atoms with van der Waals surface area (Å²) in [6.07, 6.45) is 17.7. The highest BCUT2D eigenvalue weighted by molar-refractivity contribution is 7.23. The van der Waals surface area contributed by atoms with Gasteiger partial charge in [0.15, 0.2) is 0 Å². The van der Waals surface area contributed by atoms with Crippen LogP contribution in [0.2, 0.25) is 0 Å². The molecule has 310 valence electrons. The van der Waals surface area contributed by atoms with E-state index in [1.165, 1.54) is 72.5 Å². The highest BCUT2D eigenvalue weighted by Gasteiger charge is 2.18. The summed E-state index contributed by atoms with van der Waals surface area (Å²) in [4.78, 5) is 35.8. The lowest BCUT2D eigenvalue weighted by molar-refractivity contribution is -0.133. The van der Waals surface area contributed by atoms with Crippen molar-refractivity contribution >= 4 is 111 Å². The second-order valence-electron chi connectivity index (χ2n) is 14.8. The molecule has 0 bridgehead atoms. The number of nitriles is 1. The number of thiophene rings is 4. The van der Waals surface area contributed by atoms with Gasteiger partial charge in [0, 0.05) is 56.1 Å². The van der Waals surface area contributed by atoms with Gasteiger partial charge in [-0.05, 0) is 145 Å². The number of carboxylic acids is 2. The van der Waals surface area contributed by atoms with Gasteiger partial charge in [-0.3, -0.25) is 4.79 Å². The van der Waals surface area contributed by atoms with E-state index in [1.54, 1.807) is 28.7 Å². The summed E-state index contributed by atoms with van der Waals surface area (Å²) >= 11 is 6.24. The quantitative estimate of drug-likeness (QED) is 0.0640. The second kappa shape index (κ2) is 19.9. The number of benzene rings is 3. The van der Waals surface area contributed by atoms with Crippen LogP contribution in [-0.4, -0.2) is 22.2 Å². The summed E-state index contributed by atoms with van der Waals surface area (Å²) in [5, 5.41) is 27.6. The molecule has 2 N–H and O–H groups in total. The van der Waals surface area contributed by atoms with Gasteiger partial charge in [0.1, 0.15) is 11.6 Å². The van der Waals surface area contributed by atoms with E-state index in [-0.39, 0.29) is 11.3 Å². The van der Waals surface area contributed by atoms with Gasteiger partial charge in [0.25, 0.3) is 5.70 Å². The van der Waals surface area contributed by atoms with E-state index in [0.29, 0.717) is 5.92 Å². The van der Waals surface area contributed by atoms with Gasteiger partial charge in [0.05, 0.1) is 6.57 Å². The van der Waals surface area contributed by atoms with Gasteiger partial charge in [0.2, 0.25) is 0 Å². The Labute approximate surface area is 382 Å². The molecule has 4 heterocycles. The lowest BCUT2D eigenvalue weighted by atomic mass is 9.84. The Morgan fingerprint density at radius 3 is 1.43 bits per heavy atom. The number of hydrogen-bond donors (Lipinski definition) is 2. The Morgan fingerprint density at radius 2 is 1.00 bits per heavy atom. The van der Waals surface area contributed by atoms with Gasteiger partial charge < -0.3 is 15.1 Å². The van der Waals surface area contributed by atoms with Crippen LogP contribution in [0.5, 0.6) is 0 Å². The first-order valence-electron chi connectivity index (χ1n) is 20.3. The minimum atomic E-state index is -1.23. The summed E-state index contributed by atoms with van der Waals surface area (Å²) in [6.45, 7) is 7.12. The Morgan fingerprint density at radius 1 is 0.571 bits per heavy atom. The summed E-state index contributed by atoms with van der Waals surface area (Å²) in [5.74, 6) is -1.83. The van der Waals surface area contributed by atoms with Crippen LogP contribution >= 0.6 is 45.3 Å². The number of anilines is 3. The molecule has 0 amide bonds. The van der Waals surface area contributed by atoms with Crippen molar-refractivity contribution in [2.45, 2.75) is 38.0 Å². The van der Waals surface area contributed by atoms with Gasteiger partial charge in [-0.15, -0.1) is 45.3 Å². The molecule has 11 heteroatoms. The molecule has 3 aromatic carbocycles. The number of carboxylic acid groups (broad SMARTS) is 2. The average molecular weight is 898 g/mol. The molecule has 0 atom stereocenters. The minimum absolute atomic E-state index is 0.284. The molecule has 1 aliphatic rings.